The van der Waals surface area contributed by atoms with Crippen LogP contribution in [0.3, 0.4) is 0 Å². The Bertz CT molecular complexity index is 1430. The molecule has 5 rings (SSSR count). The second kappa shape index (κ2) is 9.50. The number of rotatable bonds is 6. The number of amides is 1. The molecule has 3 heterocycles. The monoisotopic (exact) mass is 488 g/mol. The van der Waals surface area contributed by atoms with Crippen LogP contribution in [0, 0.1) is 0 Å². The fraction of sp³-hybridized carbons (Fsp3) is 0.296. The third-order valence-electron chi connectivity index (χ3n) is 6.79. The van der Waals surface area contributed by atoms with Crippen LogP contribution in [0.2, 0.25) is 0 Å². The molecule has 0 radical (unpaired) electrons. The van der Waals surface area contributed by atoms with Gasteiger partial charge in [0.05, 0.1) is 26.4 Å². The molecule has 186 valence electrons. The standard InChI is InChI=1S/C27H28N4O5/c1-35-22-14-21(15-23(16-22)36-2)19-5-7-20(8-6-19)25(32)29-12-9-27(34,10-13-29)17-30-18-28-31-11-3-4-24(31)26(30)33/h3-8,11,14-16,18,34H,9-10,12-13,17H2,1-2H3. The van der Waals surface area contributed by atoms with Crippen molar-refractivity contribution in [1.82, 2.24) is 19.1 Å². The van der Waals surface area contributed by atoms with Gasteiger partial charge in [0.2, 0.25) is 0 Å². The first-order chi connectivity index (χ1) is 17.4. The number of nitrogens with zero attached hydrogens (tertiary/aromatic N) is 4. The average Bonchev–Trinajstić information content (AvgIpc) is 3.40. The van der Waals surface area contributed by atoms with Gasteiger partial charge in [-0.05, 0) is 60.4 Å². The zero-order valence-corrected chi connectivity index (χ0v) is 20.3. The van der Waals surface area contributed by atoms with E-state index in [1.165, 1.54) is 15.4 Å². The van der Waals surface area contributed by atoms with Crippen LogP contribution in [0.15, 0.2) is 71.9 Å². The number of piperidine rings is 1. The van der Waals surface area contributed by atoms with Crippen LogP contribution in [0.1, 0.15) is 23.2 Å². The summed E-state index contributed by atoms with van der Waals surface area (Å²) in [5.74, 6) is 1.30. The molecular weight excluding hydrogens is 460 g/mol. The number of carbonyl (C=O) groups excluding carboxylic acids is 1. The second-order valence-corrected chi connectivity index (χ2v) is 9.10. The van der Waals surface area contributed by atoms with Gasteiger partial charge in [0.1, 0.15) is 23.3 Å². The van der Waals surface area contributed by atoms with Crippen LogP contribution in [0.5, 0.6) is 11.5 Å². The minimum atomic E-state index is -1.08. The molecule has 0 saturated carbocycles. The maximum atomic E-state index is 13.1. The van der Waals surface area contributed by atoms with Crippen molar-refractivity contribution in [3.63, 3.8) is 0 Å². The third kappa shape index (κ3) is 4.57. The largest absolute Gasteiger partial charge is 0.497 e. The van der Waals surface area contributed by atoms with Gasteiger partial charge < -0.3 is 19.5 Å². The Kier molecular flexibility index (Phi) is 6.24. The summed E-state index contributed by atoms with van der Waals surface area (Å²) in [7, 11) is 3.21. The molecule has 0 spiro atoms. The number of hydrogen-bond acceptors (Lipinski definition) is 6. The van der Waals surface area contributed by atoms with Crippen molar-refractivity contribution < 1.29 is 19.4 Å². The predicted octanol–water partition coefficient (Wildman–Crippen LogP) is 2.85. The van der Waals surface area contributed by atoms with E-state index in [4.69, 9.17) is 9.47 Å². The normalized spacial score (nSPS) is 15.1. The summed E-state index contributed by atoms with van der Waals surface area (Å²) in [5, 5.41) is 15.4. The van der Waals surface area contributed by atoms with Gasteiger partial charge in [0.15, 0.2) is 0 Å². The van der Waals surface area contributed by atoms with Crippen LogP contribution in [-0.2, 0) is 6.54 Å². The van der Waals surface area contributed by atoms with E-state index in [9.17, 15) is 14.7 Å². The molecule has 0 unspecified atom stereocenters. The molecule has 4 aromatic rings. The second-order valence-electron chi connectivity index (χ2n) is 9.10. The highest BCUT2D eigenvalue weighted by Gasteiger charge is 2.35. The Labute approximate surface area is 208 Å². The average molecular weight is 489 g/mol. The van der Waals surface area contributed by atoms with Crippen LogP contribution in [0.25, 0.3) is 16.6 Å². The Morgan fingerprint density at radius 3 is 2.31 bits per heavy atom. The van der Waals surface area contributed by atoms with Crippen molar-refractivity contribution in [2.75, 3.05) is 27.3 Å². The first-order valence-corrected chi connectivity index (χ1v) is 11.8. The molecule has 0 bridgehead atoms. The highest BCUT2D eigenvalue weighted by atomic mass is 16.5. The molecule has 1 saturated heterocycles. The molecule has 1 fully saturated rings. The Morgan fingerprint density at radius 2 is 1.67 bits per heavy atom. The number of benzene rings is 2. The van der Waals surface area contributed by atoms with Crippen molar-refractivity contribution in [3.8, 4) is 22.6 Å². The van der Waals surface area contributed by atoms with E-state index in [0.29, 0.717) is 48.5 Å². The predicted molar refractivity (Wildman–Crippen MR) is 135 cm³/mol. The minimum Gasteiger partial charge on any atom is -0.497 e. The lowest BCUT2D eigenvalue weighted by molar-refractivity contribution is -0.0300. The molecule has 1 N–H and O–H groups in total. The van der Waals surface area contributed by atoms with E-state index in [1.807, 2.05) is 42.5 Å². The molecule has 36 heavy (non-hydrogen) atoms. The topological polar surface area (TPSA) is 98.3 Å². The lowest BCUT2D eigenvalue weighted by Gasteiger charge is -2.38. The number of hydrogen-bond donors (Lipinski definition) is 1. The fourth-order valence-corrected chi connectivity index (χ4v) is 4.64. The summed E-state index contributed by atoms with van der Waals surface area (Å²) in [5.41, 5.74) is 1.63. The molecule has 1 amide bonds. The molecule has 1 aliphatic rings. The number of methoxy groups -OCH3 is 2. The van der Waals surface area contributed by atoms with Crippen molar-refractivity contribution in [2.45, 2.75) is 25.0 Å². The number of ether oxygens (including phenoxy) is 2. The van der Waals surface area contributed by atoms with Crippen molar-refractivity contribution in [3.05, 3.63) is 83.0 Å². The highest BCUT2D eigenvalue weighted by Crippen LogP contribution is 2.30. The maximum absolute atomic E-state index is 13.1. The van der Waals surface area contributed by atoms with Crippen LogP contribution < -0.4 is 15.0 Å². The summed E-state index contributed by atoms with van der Waals surface area (Å²) < 4.78 is 13.7. The summed E-state index contributed by atoms with van der Waals surface area (Å²) in [6.45, 7) is 0.945. The van der Waals surface area contributed by atoms with Gasteiger partial charge in [0.25, 0.3) is 11.5 Å². The number of aliphatic hydroxyl groups is 1. The van der Waals surface area contributed by atoms with E-state index < -0.39 is 5.60 Å². The minimum absolute atomic E-state index is 0.0831. The Morgan fingerprint density at radius 1 is 1.00 bits per heavy atom. The molecule has 9 nitrogen and oxygen atoms in total. The van der Waals surface area contributed by atoms with E-state index in [0.717, 1.165) is 11.1 Å². The summed E-state index contributed by atoms with van der Waals surface area (Å²) >= 11 is 0. The quantitative estimate of drug-likeness (QED) is 0.448. The summed E-state index contributed by atoms with van der Waals surface area (Å²) in [6.07, 6.45) is 3.91. The molecule has 0 atom stereocenters. The summed E-state index contributed by atoms with van der Waals surface area (Å²) in [6, 6.07) is 16.5. The number of carbonyl (C=O) groups is 1. The van der Waals surface area contributed by atoms with Crippen LogP contribution in [0.4, 0.5) is 0 Å². The van der Waals surface area contributed by atoms with E-state index >= 15 is 0 Å². The Balaban J connectivity index is 1.25. The number of aromatic nitrogens is 3. The van der Waals surface area contributed by atoms with Gasteiger partial charge in [-0.3, -0.25) is 14.2 Å². The van der Waals surface area contributed by atoms with Crippen LogP contribution >= 0.6 is 0 Å². The molecule has 1 aliphatic heterocycles. The number of likely N-dealkylation sites (tertiary alicyclic amines) is 1. The summed E-state index contributed by atoms with van der Waals surface area (Å²) in [4.78, 5) is 27.5. The lowest BCUT2D eigenvalue weighted by Crippen LogP contribution is -2.49. The third-order valence-corrected chi connectivity index (χ3v) is 6.79. The van der Waals surface area contributed by atoms with Gasteiger partial charge in [-0.1, -0.05) is 12.1 Å². The van der Waals surface area contributed by atoms with Gasteiger partial charge >= 0.3 is 0 Å². The lowest BCUT2D eigenvalue weighted by atomic mass is 9.90. The zero-order chi connectivity index (χ0) is 25.3. The molecule has 0 aliphatic carbocycles. The SMILES string of the molecule is COc1cc(OC)cc(-c2ccc(C(=O)N3CCC(O)(Cn4cnn5cccc5c4=O)CC3)cc2)c1. The zero-order valence-electron chi connectivity index (χ0n) is 20.3. The van der Waals surface area contributed by atoms with E-state index in [2.05, 4.69) is 5.10 Å². The Hall–Kier alpha value is -4.11. The smallest absolute Gasteiger partial charge is 0.277 e. The molecule has 2 aromatic heterocycles. The van der Waals surface area contributed by atoms with Gasteiger partial charge in [-0.25, -0.2) is 4.52 Å². The molecular formula is C27H28N4O5. The van der Waals surface area contributed by atoms with E-state index in [1.54, 1.807) is 37.4 Å². The van der Waals surface area contributed by atoms with Crippen molar-refractivity contribution in [1.29, 1.82) is 0 Å². The number of fused-ring (bicyclic) bond motifs is 1. The van der Waals surface area contributed by atoms with Crippen LogP contribution in [-0.4, -0.2) is 63.0 Å². The highest BCUT2D eigenvalue weighted by molar-refractivity contribution is 5.94. The van der Waals surface area contributed by atoms with Gasteiger partial charge in [0, 0.05) is 30.9 Å². The van der Waals surface area contributed by atoms with Gasteiger partial charge in [-0.15, -0.1) is 0 Å². The first kappa shape index (κ1) is 23.6. The van der Waals surface area contributed by atoms with Gasteiger partial charge in [-0.2, -0.15) is 5.10 Å². The van der Waals surface area contributed by atoms with Crippen molar-refractivity contribution >= 4 is 11.4 Å². The molecule has 2 aromatic carbocycles. The fourth-order valence-electron chi connectivity index (χ4n) is 4.64. The van der Waals surface area contributed by atoms with Crippen molar-refractivity contribution in [2.24, 2.45) is 0 Å². The first-order valence-electron chi connectivity index (χ1n) is 11.8. The maximum Gasteiger partial charge on any atom is 0.277 e. The van der Waals surface area contributed by atoms with E-state index in [-0.39, 0.29) is 18.0 Å². The molecule has 9 heteroatoms.